The van der Waals surface area contributed by atoms with E-state index >= 15 is 0 Å². The Morgan fingerprint density at radius 1 is 1.47 bits per heavy atom. The lowest BCUT2D eigenvalue weighted by atomic mass is 10.0. The number of hydrogen-bond donors (Lipinski definition) is 2. The van der Waals surface area contributed by atoms with E-state index < -0.39 is 0 Å². The Hall–Kier alpha value is -1.40. The van der Waals surface area contributed by atoms with Crippen molar-refractivity contribution < 1.29 is 9.13 Å². The van der Waals surface area contributed by atoms with Crippen molar-refractivity contribution in [3.63, 3.8) is 0 Å². The second kappa shape index (κ2) is 4.85. The van der Waals surface area contributed by atoms with Crippen LogP contribution in [0.3, 0.4) is 0 Å². The van der Waals surface area contributed by atoms with E-state index in [-0.39, 0.29) is 5.82 Å². The summed E-state index contributed by atoms with van der Waals surface area (Å²) in [7, 11) is 1.59. The molecule has 0 saturated heterocycles. The molecule has 0 radical (unpaired) electrons. The zero-order chi connectivity index (χ0) is 12.4. The Bertz CT molecular complexity index is 542. The Morgan fingerprint density at radius 3 is 2.82 bits per heavy atom. The molecule has 0 atom stereocenters. The highest BCUT2D eigenvalue weighted by atomic mass is 79.9. The molecule has 3 N–H and O–H groups in total. The maximum atomic E-state index is 14.0. The lowest BCUT2D eigenvalue weighted by Gasteiger charge is -2.07. The minimum atomic E-state index is -0.363. The van der Waals surface area contributed by atoms with Crippen LogP contribution < -0.4 is 5.73 Å². The van der Waals surface area contributed by atoms with Crippen molar-refractivity contribution in [2.24, 2.45) is 0 Å². The summed E-state index contributed by atoms with van der Waals surface area (Å²) in [5.74, 6) is -0.0247. The first-order chi connectivity index (χ1) is 8.13. The van der Waals surface area contributed by atoms with Crippen LogP contribution in [0.2, 0.25) is 0 Å². The van der Waals surface area contributed by atoms with Gasteiger partial charge in [-0.2, -0.15) is 5.10 Å². The Balaban J connectivity index is 2.56. The van der Waals surface area contributed by atoms with E-state index in [1.54, 1.807) is 19.2 Å². The van der Waals surface area contributed by atoms with Crippen LogP contribution in [-0.2, 0) is 11.3 Å². The van der Waals surface area contributed by atoms with Crippen LogP contribution in [0.5, 0.6) is 0 Å². The first-order valence-corrected chi connectivity index (χ1v) is 5.69. The highest BCUT2D eigenvalue weighted by Crippen LogP contribution is 2.32. The van der Waals surface area contributed by atoms with Crippen LogP contribution in [0.15, 0.2) is 22.8 Å². The van der Waals surface area contributed by atoms with E-state index in [1.165, 1.54) is 6.20 Å². The van der Waals surface area contributed by atoms with Crippen LogP contribution in [0.4, 0.5) is 10.2 Å². The average molecular weight is 300 g/mol. The lowest BCUT2D eigenvalue weighted by molar-refractivity contribution is 0.185. The molecule has 0 bridgehead atoms. The number of benzene rings is 1. The minimum Gasteiger partial charge on any atom is -0.384 e. The summed E-state index contributed by atoms with van der Waals surface area (Å²) in [5.41, 5.74) is 7.49. The van der Waals surface area contributed by atoms with Crippen molar-refractivity contribution in [1.82, 2.24) is 10.2 Å². The summed E-state index contributed by atoms with van der Waals surface area (Å²) in [6.07, 6.45) is 1.50. The number of anilines is 1. The summed E-state index contributed by atoms with van der Waals surface area (Å²) < 4.78 is 19.4. The second-order valence-corrected chi connectivity index (χ2v) is 4.42. The van der Waals surface area contributed by atoms with Crippen LogP contribution in [0, 0.1) is 5.82 Å². The molecule has 2 aromatic rings. The van der Waals surface area contributed by atoms with Crippen molar-refractivity contribution in [3.8, 4) is 11.1 Å². The summed E-state index contributed by atoms with van der Waals surface area (Å²) in [5, 5.41) is 6.36. The molecule has 0 fully saturated rings. The van der Waals surface area contributed by atoms with Crippen molar-refractivity contribution in [2.75, 3.05) is 12.8 Å². The second-order valence-electron chi connectivity index (χ2n) is 3.57. The van der Waals surface area contributed by atoms with E-state index in [0.717, 1.165) is 5.56 Å². The molecular weight excluding hydrogens is 289 g/mol. The van der Waals surface area contributed by atoms with E-state index in [9.17, 15) is 4.39 Å². The number of hydrogen-bond acceptors (Lipinski definition) is 3. The van der Waals surface area contributed by atoms with Gasteiger partial charge in [-0.25, -0.2) is 4.39 Å². The van der Waals surface area contributed by atoms with Gasteiger partial charge in [-0.3, -0.25) is 5.10 Å². The number of nitrogens with zero attached hydrogens (tertiary/aromatic N) is 1. The number of ether oxygens (including phenoxy) is 1. The normalized spacial score (nSPS) is 10.8. The predicted octanol–water partition coefficient (Wildman–Crippen LogP) is 2.71. The SMILES string of the molecule is COCc1cc(Br)c(F)c(-c2cn[nH]c2N)c1. The fourth-order valence-corrected chi connectivity index (χ4v) is 2.11. The third-order valence-electron chi connectivity index (χ3n) is 2.36. The molecule has 0 aliphatic rings. The summed E-state index contributed by atoms with van der Waals surface area (Å²) in [6.45, 7) is 0.406. The topological polar surface area (TPSA) is 63.9 Å². The number of nitrogens with two attached hydrogens (primary N) is 1. The fourth-order valence-electron chi connectivity index (χ4n) is 1.60. The smallest absolute Gasteiger partial charge is 0.145 e. The molecule has 90 valence electrons. The van der Waals surface area contributed by atoms with E-state index in [2.05, 4.69) is 26.1 Å². The van der Waals surface area contributed by atoms with Crippen molar-refractivity contribution in [2.45, 2.75) is 6.61 Å². The zero-order valence-electron chi connectivity index (χ0n) is 9.13. The number of aromatic amines is 1. The van der Waals surface area contributed by atoms with Gasteiger partial charge < -0.3 is 10.5 Å². The predicted molar refractivity (Wildman–Crippen MR) is 66.8 cm³/mol. The van der Waals surface area contributed by atoms with Gasteiger partial charge in [-0.15, -0.1) is 0 Å². The third kappa shape index (κ3) is 2.32. The fraction of sp³-hybridized carbons (Fsp3) is 0.182. The number of nitrogens with one attached hydrogen (secondary N) is 1. The number of H-pyrrole nitrogens is 1. The van der Waals surface area contributed by atoms with E-state index in [0.29, 0.717) is 28.0 Å². The molecule has 0 saturated carbocycles. The largest absolute Gasteiger partial charge is 0.384 e. The molecule has 1 aromatic carbocycles. The Morgan fingerprint density at radius 2 is 2.24 bits per heavy atom. The van der Waals surface area contributed by atoms with Gasteiger partial charge in [0, 0.05) is 18.2 Å². The Kier molecular flexibility index (Phi) is 3.44. The first-order valence-electron chi connectivity index (χ1n) is 4.89. The van der Waals surface area contributed by atoms with E-state index in [1.807, 2.05) is 0 Å². The summed E-state index contributed by atoms with van der Waals surface area (Å²) in [6, 6.07) is 3.38. The number of halogens is 2. The molecule has 0 amide bonds. The van der Waals surface area contributed by atoms with Gasteiger partial charge in [-0.1, -0.05) is 0 Å². The van der Waals surface area contributed by atoms with Gasteiger partial charge in [0.15, 0.2) is 0 Å². The third-order valence-corrected chi connectivity index (χ3v) is 2.94. The molecule has 1 aromatic heterocycles. The summed E-state index contributed by atoms with van der Waals surface area (Å²) >= 11 is 3.18. The maximum Gasteiger partial charge on any atom is 0.145 e. The van der Waals surface area contributed by atoms with Gasteiger partial charge in [0.2, 0.25) is 0 Å². The monoisotopic (exact) mass is 299 g/mol. The van der Waals surface area contributed by atoms with Crippen LogP contribution >= 0.6 is 15.9 Å². The number of methoxy groups -OCH3 is 1. The van der Waals surface area contributed by atoms with Gasteiger partial charge in [0.25, 0.3) is 0 Å². The van der Waals surface area contributed by atoms with Crippen molar-refractivity contribution >= 4 is 21.7 Å². The van der Waals surface area contributed by atoms with Crippen LogP contribution in [-0.4, -0.2) is 17.3 Å². The van der Waals surface area contributed by atoms with Crippen molar-refractivity contribution in [3.05, 3.63) is 34.2 Å². The highest BCUT2D eigenvalue weighted by Gasteiger charge is 2.14. The number of rotatable bonds is 3. The van der Waals surface area contributed by atoms with Crippen molar-refractivity contribution in [1.29, 1.82) is 0 Å². The van der Waals surface area contributed by atoms with Gasteiger partial charge in [0.05, 0.1) is 17.3 Å². The summed E-state index contributed by atoms with van der Waals surface area (Å²) in [4.78, 5) is 0. The van der Waals surface area contributed by atoms with E-state index in [4.69, 9.17) is 10.5 Å². The zero-order valence-corrected chi connectivity index (χ0v) is 10.7. The standard InChI is InChI=1S/C11H11BrFN3O/c1-17-5-6-2-7(10(13)9(12)3-6)8-4-15-16-11(8)14/h2-4H,5H2,1H3,(H3,14,15,16). The maximum absolute atomic E-state index is 14.0. The lowest BCUT2D eigenvalue weighted by Crippen LogP contribution is -1.95. The molecule has 17 heavy (non-hydrogen) atoms. The molecule has 4 nitrogen and oxygen atoms in total. The Labute approximate surface area is 106 Å². The molecule has 6 heteroatoms. The van der Waals surface area contributed by atoms with Gasteiger partial charge in [0.1, 0.15) is 11.6 Å². The number of nitrogen functional groups attached to an aromatic ring is 1. The molecular formula is C11H11BrFN3O. The molecule has 0 spiro atoms. The molecule has 1 heterocycles. The van der Waals surface area contributed by atoms with Gasteiger partial charge >= 0.3 is 0 Å². The van der Waals surface area contributed by atoms with Crippen LogP contribution in [0.25, 0.3) is 11.1 Å². The average Bonchev–Trinajstić information content (AvgIpc) is 2.70. The van der Waals surface area contributed by atoms with Gasteiger partial charge in [-0.05, 0) is 33.6 Å². The quantitative estimate of drug-likeness (QED) is 0.916. The van der Waals surface area contributed by atoms with Crippen LogP contribution in [0.1, 0.15) is 5.56 Å². The minimum absolute atomic E-state index is 0.338. The molecule has 0 aliphatic heterocycles. The molecule has 0 unspecified atom stereocenters. The molecule has 0 aliphatic carbocycles. The highest BCUT2D eigenvalue weighted by molar-refractivity contribution is 9.10. The molecule has 2 rings (SSSR count). The number of aromatic nitrogens is 2. The first kappa shape index (κ1) is 12.1.